The van der Waals surface area contributed by atoms with Crippen LogP contribution in [0.3, 0.4) is 0 Å². The van der Waals surface area contributed by atoms with Crippen LogP contribution in [0.15, 0.2) is 58.5 Å². The van der Waals surface area contributed by atoms with E-state index in [4.69, 9.17) is 13.6 Å². The van der Waals surface area contributed by atoms with Crippen LogP contribution < -0.4 is 0 Å². The molecule has 0 bridgehead atoms. The lowest BCUT2D eigenvalue weighted by molar-refractivity contribution is -0.0370. The van der Waals surface area contributed by atoms with Gasteiger partial charge in [-0.2, -0.15) is 0 Å². The van der Waals surface area contributed by atoms with Crippen LogP contribution in [0.1, 0.15) is 82.9 Å². The van der Waals surface area contributed by atoms with Gasteiger partial charge in [0.2, 0.25) is 0 Å². The Morgan fingerprint density at radius 2 is 0.660 bits per heavy atom. The van der Waals surface area contributed by atoms with Crippen molar-refractivity contribution in [2.45, 2.75) is 39.5 Å². The first-order valence-electron chi connectivity index (χ1n) is 14.4. The number of fused-ring (bicyclic) bond motifs is 3. The van der Waals surface area contributed by atoms with E-state index in [0.717, 1.165) is 0 Å². The SMILES string of the molecule is CC(OP(=O)(OC(C)N1C(=O)c2cc(Br)c(Br)c(Br)c2C1=O)OC(C)N1C(=O)c2cc(Br)c(Br)c(Br)c2C1=O)N1C(=O)c2cc(Br)c(Br)c(Br)c2C1=O. The minimum Gasteiger partial charge on any atom is -0.268 e. The van der Waals surface area contributed by atoms with Gasteiger partial charge in [-0.25, -0.2) is 19.3 Å². The molecule has 0 radical (unpaired) electrons. The van der Waals surface area contributed by atoms with Crippen molar-refractivity contribution in [1.82, 2.24) is 14.7 Å². The number of phosphoric acid groups is 1. The second kappa shape index (κ2) is 15.4. The molecular formula is C30H15Br9N3O10P. The normalized spacial score (nSPS) is 18.2. The number of benzene rings is 3. The number of phosphoric ester groups is 1. The Morgan fingerprint density at radius 3 is 0.887 bits per heavy atom. The van der Waals surface area contributed by atoms with Crippen molar-refractivity contribution in [3.63, 3.8) is 0 Å². The van der Waals surface area contributed by atoms with E-state index in [-0.39, 0.29) is 46.8 Å². The van der Waals surface area contributed by atoms with Crippen LogP contribution in [-0.2, 0) is 18.1 Å². The van der Waals surface area contributed by atoms with Gasteiger partial charge in [0.15, 0.2) is 0 Å². The molecule has 3 aliphatic rings. The molecule has 53 heavy (non-hydrogen) atoms. The van der Waals surface area contributed by atoms with Crippen LogP contribution in [0.4, 0.5) is 0 Å². The van der Waals surface area contributed by atoms with Gasteiger partial charge in [-0.1, -0.05) is 0 Å². The summed E-state index contributed by atoms with van der Waals surface area (Å²) in [6, 6.07) is 4.26. The average Bonchev–Trinajstić information content (AvgIpc) is 3.58. The summed E-state index contributed by atoms with van der Waals surface area (Å²) in [6.45, 7) is 3.66. The van der Waals surface area contributed by atoms with E-state index in [0.29, 0.717) is 41.5 Å². The van der Waals surface area contributed by atoms with E-state index in [1.807, 2.05) is 0 Å². The molecule has 3 aromatic carbocycles. The number of carbonyl (C=O) groups is 6. The second-order valence-electron chi connectivity index (χ2n) is 11.2. The Balaban J connectivity index is 1.35. The number of halogens is 9. The molecule has 23 heteroatoms. The lowest BCUT2D eigenvalue weighted by atomic mass is 10.1. The second-order valence-corrected chi connectivity index (χ2v) is 20.1. The van der Waals surface area contributed by atoms with Gasteiger partial charge < -0.3 is 0 Å². The highest BCUT2D eigenvalue weighted by Gasteiger charge is 2.50. The summed E-state index contributed by atoms with van der Waals surface area (Å²) in [5, 5.41) is 0. The van der Waals surface area contributed by atoms with E-state index >= 15 is 0 Å². The maximum atomic E-state index is 14.8. The molecule has 6 rings (SSSR count). The predicted octanol–water partition coefficient (Wildman–Crippen LogP) is 10.9. The summed E-state index contributed by atoms with van der Waals surface area (Å²) >= 11 is 30.0. The van der Waals surface area contributed by atoms with Crippen molar-refractivity contribution in [2.75, 3.05) is 0 Å². The topological polar surface area (TPSA) is 157 Å². The predicted molar refractivity (Wildman–Crippen MR) is 219 cm³/mol. The number of rotatable bonds is 9. The quantitative estimate of drug-likeness (QED) is 0.115. The third-order valence-electron chi connectivity index (χ3n) is 8.07. The first-order chi connectivity index (χ1) is 24.6. The standard InChI is InChI=1S/C30H15Br9N3O10P/c1-7(40-25(43)10-4-13(31)19(34)22(37)16(10)28(40)46)50-53(49,51-8(2)41-26(44)11-5-14(32)20(35)23(38)17(11)29(41)47)52-9(3)42-27(45)12-6-15(33)21(36)24(39)18(12)30(42)48/h4-9H,1-3H3. The van der Waals surface area contributed by atoms with Crippen LogP contribution in [-0.4, -0.2) is 68.8 Å². The minimum absolute atomic E-state index is 0.00588. The largest absolute Gasteiger partial charge is 0.480 e. The lowest BCUT2D eigenvalue weighted by Gasteiger charge is -2.33. The first-order valence-corrected chi connectivity index (χ1v) is 23.0. The third kappa shape index (κ3) is 6.98. The van der Waals surface area contributed by atoms with E-state index in [9.17, 15) is 33.3 Å². The van der Waals surface area contributed by atoms with Gasteiger partial charge in [0.1, 0.15) is 18.7 Å². The van der Waals surface area contributed by atoms with E-state index in [2.05, 4.69) is 143 Å². The Labute approximate surface area is 375 Å². The van der Waals surface area contributed by atoms with Gasteiger partial charge in [0.05, 0.1) is 33.4 Å². The molecular weight excluding hydrogens is 1310 g/mol. The van der Waals surface area contributed by atoms with Crippen molar-refractivity contribution >= 4 is 187 Å². The molecule has 3 unspecified atom stereocenters. The number of carbonyl (C=O) groups excluding carboxylic acids is 6. The summed E-state index contributed by atoms with van der Waals surface area (Å²) in [7, 11) is -5.21. The lowest BCUT2D eigenvalue weighted by Crippen LogP contribution is -2.43. The summed E-state index contributed by atoms with van der Waals surface area (Å²) in [5.41, 5.74) is -0.0544. The molecule has 3 aliphatic heterocycles. The van der Waals surface area contributed by atoms with Gasteiger partial charge in [-0.15, -0.1) is 0 Å². The Morgan fingerprint density at radius 1 is 0.434 bits per heavy atom. The zero-order valence-corrected chi connectivity index (χ0v) is 41.4. The molecule has 3 heterocycles. The molecule has 0 N–H and O–H groups in total. The molecule has 0 spiro atoms. The summed E-state index contributed by atoms with van der Waals surface area (Å²) in [6.07, 6.45) is -5.03. The van der Waals surface area contributed by atoms with Crippen LogP contribution in [0.5, 0.6) is 0 Å². The monoisotopic (exact) mass is 1320 g/mol. The number of hydrogen-bond acceptors (Lipinski definition) is 10. The molecule has 0 saturated carbocycles. The Hall–Kier alpha value is -0.490. The Bertz CT molecular complexity index is 2070. The fourth-order valence-corrected chi connectivity index (χ4v) is 12.1. The minimum atomic E-state index is -5.21. The average molecular weight is 1330 g/mol. The number of nitrogens with zero attached hydrogens (tertiary/aromatic N) is 3. The van der Waals surface area contributed by atoms with Crippen LogP contribution in [0.25, 0.3) is 0 Å². The molecule has 0 aromatic heterocycles. The number of hydrogen-bond donors (Lipinski definition) is 0. The molecule has 3 aromatic rings. The molecule has 13 nitrogen and oxygen atoms in total. The summed E-state index contributed by atoms with van der Waals surface area (Å²) in [4.78, 5) is 83.7. The van der Waals surface area contributed by atoms with Crippen LogP contribution in [0.2, 0.25) is 0 Å². The smallest absolute Gasteiger partial charge is 0.268 e. The van der Waals surface area contributed by atoms with Gasteiger partial charge in [-0.05, 0) is 182 Å². The van der Waals surface area contributed by atoms with Gasteiger partial charge >= 0.3 is 7.82 Å². The molecule has 0 fully saturated rings. The fraction of sp³-hybridized carbons (Fsp3) is 0.200. The highest BCUT2D eigenvalue weighted by Crippen LogP contribution is 2.55. The van der Waals surface area contributed by atoms with Gasteiger partial charge in [-0.3, -0.25) is 42.3 Å². The summed E-state index contributed by atoms with van der Waals surface area (Å²) in [5.74, 6) is -4.93. The van der Waals surface area contributed by atoms with Crippen LogP contribution in [0, 0.1) is 0 Å². The zero-order valence-electron chi connectivity index (χ0n) is 26.2. The van der Waals surface area contributed by atoms with E-state index in [1.165, 1.54) is 39.0 Å². The van der Waals surface area contributed by atoms with Gasteiger partial charge in [0.25, 0.3) is 35.4 Å². The highest BCUT2D eigenvalue weighted by atomic mass is 79.9. The first kappa shape index (κ1) is 42.1. The maximum absolute atomic E-state index is 14.8. The van der Waals surface area contributed by atoms with E-state index < -0.39 is 61.9 Å². The summed E-state index contributed by atoms with van der Waals surface area (Å²) < 4.78 is 35.7. The third-order valence-corrected chi connectivity index (χ3v) is 19.7. The van der Waals surface area contributed by atoms with Crippen LogP contribution >= 0.6 is 151 Å². The molecule has 3 atom stereocenters. The van der Waals surface area contributed by atoms with Crippen molar-refractivity contribution in [3.05, 3.63) is 91.8 Å². The molecule has 278 valence electrons. The maximum Gasteiger partial charge on any atom is 0.480 e. The number of amides is 6. The van der Waals surface area contributed by atoms with Crippen molar-refractivity contribution < 1.29 is 46.9 Å². The zero-order chi connectivity index (χ0) is 39.3. The van der Waals surface area contributed by atoms with Gasteiger partial charge in [0, 0.05) is 40.3 Å². The number of imide groups is 3. The molecule has 0 aliphatic carbocycles. The molecule has 0 saturated heterocycles. The van der Waals surface area contributed by atoms with Crippen molar-refractivity contribution in [2.24, 2.45) is 0 Å². The van der Waals surface area contributed by atoms with Crippen molar-refractivity contribution in [1.29, 1.82) is 0 Å². The fourth-order valence-electron chi connectivity index (χ4n) is 5.71. The highest BCUT2D eigenvalue weighted by molar-refractivity contribution is 9.15. The van der Waals surface area contributed by atoms with E-state index in [1.54, 1.807) is 0 Å². The molecule has 6 amide bonds. The Kier molecular flexibility index (Phi) is 12.2. The van der Waals surface area contributed by atoms with Crippen molar-refractivity contribution in [3.8, 4) is 0 Å².